The number of hydrogen-bond acceptors (Lipinski definition) is 9. The van der Waals surface area contributed by atoms with Gasteiger partial charge in [0.05, 0.1) is 22.7 Å². The van der Waals surface area contributed by atoms with Gasteiger partial charge in [0.2, 0.25) is 5.95 Å². The smallest absolute Gasteiger partial charge is 0.253 e. The lowest BCUT2D eigenvalue weighted by molar-refractivity contribution is -0.125. The highest BCUT2D eigenvalue weighted by Crippen LogP contribution is 2.35. The van der Waals surface area contributed by atoms with E-state index in [2.05, 4.69) is 25.2 Å². The summed E-state index contributed by atoms with van der Waals surface area (Å²) in [6.07, 6.45) is 4.34. The quantitative estimate of drug-likeness (QED) is 0.584. The molecule has 11 heteroatoms. The Labute approximate surface area is 194 Å². The molecule has 2 saturated heterocycles. The molecule has 0 unspecified atom stereocenters. The summed E-state index contributed by atoms with van der Waals surface area (Å²) in [5.74, 6) is 0.389. The van der Waals surface area contributed by atoms with Crippen LogP contribution in [0.25, 0.3) is 10.6 Å². The zero-order chi connectivity index (χ0) is 22.1. The molecule has 3 N–H and O–H groups in total. The van der Waals surface area contributed by atoms with Crippen molar-refractivity contribution in [3.8, 4) is 10.6 Å². The largest absolute Gasteiger partial charge is 0.370 e. The van der Waals surface area contributed by atoms with Gasteiger partial charge in [-0.05, 0) is 30.7 Å². The van der Waals surface area contributed by atoms with Crippen molar-refractivity contribution in [3.63, 3.8) is 0 Å². The third-order valence-electron chi connectivity index (χ3n) is 5.39. The third kappa shape index (κ3) is 4.40. The normalized spacial score (nSPS) is 18.9. The van der Waals surface area contributed by atoms with Gasteiger partial charge in [-0.15, -0.1) is 0 Å². The highest BCUT2D eigenvalue weighted by molar-refractivity contribution is 7.18. The predicted octanol–water partition coefficient (Wildman–Crippen LogP) is 2.90. The first-order chi connectivity index (χ1) is 15.6. The number of ether oxygens (including phenoxy) is 1. The van der Waals surface area contributed by atoms with Gasteiger partial charge < -0.3 is 25.6 Å². The van der Waals surface area contributed by atoms with Crippen LogP contribution >= 0.6 is 22.9 Å². The topological polar surface area (TPSA) is 109 Å². The summed E-state index contributed by atoms with van der Waals surface area (Å²) in [5.41, 5.74) is 8.29. The van der Waals surface area contributed by atoms with E-state index in [0.717, 1.165) is 40.9 Å². The first-order valence-corrected chi connectivity index (χ1v) is 11.5. The molecule has 32 heavy (non-hydrogen) atoms. The molecule has 9 nitrogen and oxygen atoms in total. The molecule has 166 valence electrons. The van der Waals surface area contributed by atoms with E-state index in [1.165, 1.54) is 0 Å². The van der Waals surface area contributed by atoms with E-state index in [9.17, 15) is 4.79 Å². The Hall–Kier alpha value is -2.79. The Kier molecular flexibility index (Phi) is 5.92. The van der Waals surface area contributed by atoms with E-state index >= 15 is 0 Å². The number of benzene rings is 1. The number of carbonyl (C=O) groups excluding carboxylic acids is 1. The molecule has 0 spiro atoms. The summed E-state index contributed by atoms with van der Waals surface area (Å²) >= 11 is 7.93. The summed E-state index contributed by atoms with van der Waals surface area (Å²) in [6, 6.07) is 7.74. The van der Waals surface area contributed by atoms with Gasteiger partial charge in [0.25, 0.3) is 5.91 Å². The molecule has 2 aliphatic rings. The number of morpholine rings is 1. The highest BCUT2D eigenvalue weighted by Gasteiger charge is 2.23. The number of nitrogens with one attached hydrogen (secondary N) is 1. The van der Waals surface area contributed by atoms with Gasteiger partial charge >= 0.3 is 0 Å². The third-order valence-corrected chi connectivity index (χ3v) is 6.73. The van der Waals surface area contributed by atoms with E-state index in [-0.39, 0.29) is 18.6 Å². The zero-order valence-electron chi connectivity index (χ0n) is 17.2. The Morgan fingerprint density at radius 2 is 2.03 bits per heavy atom. The molecule has 0 aliphatic carbocycles. The maximum Gasteiger partial charge on any atom is 0.253 e. The van der Waals surface area contributed by atoms with Crippen molar-refractivity contribution in [2.24, 2.45) is 5.73 Å². The minimum atomic E-state index is -0.0394. The zero-order valence-corrected chi connectivity index (χ0v) is 18.8. The number of anilines is 4. The highest BCUT2D eigenvalue weighted by atomic mass is 35.5. The molecule has 5 rings (SSSR count). The van der Waals surface area contributed by atoms with Crippen molar-refractivity contribution in [1.29, 1.82) is 0 Å². The molecule has 3 aromatic rings. The van der Waals surface area contributed by atoms with Crippen molar-refractivity contribution < 1.29 is 9.53 Å². The second-order valence-corrected chi connectivity index (χ2v) is 9.08. The van der Waals surface area contributed by atoms with Gasteiger partial charge in [-0.3, -0.25) is 4.79 Å². The number of thiazole rings is 1. The first kappa shape index (κ1) is 21.1. The molecule has 4 heterocycles. The van der Waals surface area contributed by atoms with Gasteiger partial charge in [0.1, 0.15) is 12.3 Å². The van der Waals surface area contributed by atoms with Crippen molar-refractivity contribution in [3.05, 3.63) is 41.7 Å². The van der Waals surface area contributed by atoms with Crippen LogP contribution in [-0.4, -0.2) is 59.7 Å². The van der Waals surface area contributed by atoms with Crippen LogP contribution in [-0.2, 0) is 9.53 Å². The van der Waals surface area contributed by atoms with Crippen LogP contribution in [0.3, 0.4) is 0 Å². The summed E-state index contributed by atoms with van der Waals surface area (Å²) in [4.78, 5) is 30.2. The molecule has 2 aromatic heterocycles. The molecule has 1 atom stereocenters. The number of amides is 1. The number of nitrogens with zero attached hydrogens (tertiary/aromatic N) is 5. The van der Waals surface area contributed by atoms with Gasteiger partial charge in [-0.2, -0.15) is 0 Å². The lowest BCUT2D eigenvalue weighted by Gasteiger charge is -2.26. The number of rotatable bonds is 5. The fourth-order valence-corrected chi connectivity index (χ4v) is 4.93. The van der Waals surface area contributed by atoms with Crippen LogP contribution < -0.4 is 20.9 Å². The van der Waals surface area contributed by atoms with Crippen LogP contribution in [0.15, 0.2) is 36.7 Å². The molecular weight excluding hydrogens is 450 g/mol. The van der Waals surface area contributed by atoms with Crippen molar-refractivity contribution in [1.82, 2.24) is 15.0 Å². The fraction of sp³-hybridized carbons (Fsp3) is 0.333. The fourth-order valence-electron chi connectivity index (χ4n) is 3.73. The van der Waals surface area contributed by atoms with E-state index < -0.39 is 0 Å². The molecule has 2 fully saturated rings. The van der Waals surface area contributed by atoms with Crippen molar-refractivity contribution >= 4 is 51.3 Å². The number of nitrogens with two attached hydrogens (primary N) is 1. The lowest BCUT2D eigenvalue weighted by atomic mass is 10.2. The summed E-state index contributed by atoms with van der Waals surface area (Å²) in [7, 11) is 0. The van der Waals surface area contributed by atoms with E-state index in [1.807, 2.05) is 24.3 Å². The average Bonchev–Trinajstić information content (AvgIpc) is 3.45. The van der Waals surface area contributed by atoms with E-state index in [0.29, 0.717) is 29.8 Å². The van der Waals surface area contributed by atoms with Gasteiger partial charge in [0, 0.05) is 43.2 Å². The second-order valence-electron chi connectivity index (χ2n) is 7.66. The molecule has 2 aliphatic heterocycles. The summed E-state index contributed by atoms with van der Waals surface area (Å²) in [5, 5.41) is 4.58. The number of hydrogen-bond donors (Lipinski definition) is 2. The van der Waals surface area contributed by atoms with Crippen LogP contribution in [0, 0.1) is 0 Å². The lowest BCUT2D eigenvalue weighted by Crippen LogP contribution is -2.41. The molecular formula is C21H22ClN7O2S. The standard InChI is InChI=1S/C21H22ClN7O2S/c22-16-9-24-20(26-14-1-3-15(4-2-14)29-7-8-31-12-18(29)30)27-19(16)17-10-25-21(32-17)28-6-5-13(23)11-28/h1-4,9-10,13H,5-8,11-12,23H2,(H,24,26,27)/t13-/m1/s1. The minimum Gasteiger partial charge on any atom is -0.370 e. The Morgan fingerprint density at radius 1 is 1.19 bits per heavy atom. The van der Waals surface area contributed by atoms with E-state index in [1.54, 1.807) is 28.6 Å². The maximum atomic E-state index is 12.0. The maximum absolute atomic E-state index is 12.0. The first-order valence-electron chi connectivity index (χ1n) is 10.3. The Balaban J connectivity index is 1.32. The molecule has 1 aromatic carbocycles. The predicted molar refractivity (Wildman–Crippen MR) is 126 cm³/mol. The van der Waals surface area contributed by atoms with Crippen molar-refractivity contribution in [2.75, 3.05) is 48.0 Å². The molecule has 0 radical (unpaired) electrons. The molecule has 1 amide bonds. The number of carbonyl (C=O) groups is 1. The number of aromatic nitrogens is 3. The van der Waals surface area contributed by atoms with Crippen LogP contribution in [0.2, 0.25) is 5.02 Å². The number of halogens is 1. The average molecular weight is 472 g/mol. The Bertz CT molecular complexity index is 1120. The minimum absolute atomic E-state index is 0.0394. The van der Waals surface area contributed by atoms with Gasteiger partial charge in [0.15, 0.2) is 5.13 Å². The summed E-state index contributed by atoms with van der Waals surface area (Å²) < 4.78 is 5.19. The molecule has 0 saturated carbocycles. The molecule has 0 bridgehead atoms. The van der Waals surface area contributed by atoms with Gasteiger partial charge in [-0.1, -0.05) is 22.9 Å². The monoisotopic (exact) mass is 471 g/mol. The second kappa shape index (κ2) is 8.99. The Morgan fingerprint density at radius 3 is 2.78 bits per heavy atom. The van der Waals surface area contributed by atoms with Crippen LogP contribution in [0.5, 0.6) is 0 Å². The van der Waals surface area contributed by atoms with Crippen LogP contribution in [0.1, 0.15) is 6.42 Å². The summed E-state index contributed by atoms with van der Waals surface area (Å²) in [6.45, 7) is 2.92. The van der Waals surface area contributed by atoms with Crippen molar-refractivity contribution in [2.45, 2.75) is 12.5 Å². The van der Waals surface area contributed by atoms with E-state index in [4.69, 9.17) is 22.1 Å². The SMILES string of the molecule is N[C@@H]1CCN(c2ncc(-c3nc(Nc4ccc(N5CCOCC5=O)cc4)ncc3Cl)s2)C1. The van der Waals surface area contributed by atoms with Crippen LogP contribution in [0.4, 0.5) is 22.5 Å². The van der Waals surface area contributed by atoms with Gasteiger partial charge in [-0.25, -0.2) is 15.0 Å².